The molecule has 0 amide bonds. The van der Waals surface area contributed by atoms with Crippen LogP contribution < -0.4 is 0 Å². The molecule has 0 saturated carbocycles. The third kappa shape index (κ3) is 6.24. The van der Waals surface area contributed by atoms with Crippen LogP contribution in [0.4, 0.5) is 0 Å². The molecule has 64 heavy (non-hydrogen) atoms. The Morgan fingerprint density at radius 2 is 0.859 bits per heavy atom. The first-order valence-corrected chi connectivity index (χ1v) is 22.6. The summed E-state index contributed by atoms with van der Waals surface area (Å²) in [5.74, 6) is 0. The van der Waals surface area contributed by atoms with Crippen molar-refractivity contribution in [2.45, 2.75) is 92.9 Å². The summed E-state index contributed by atoms with van der Waals surface area (Å²) in [6.45, 7) is 19.1. The largest absolute Gasteiger partial charge is 0.0776 e. The first-order chi connectivity index (χ1) is 29.9. The number of hydrogen-bond acceptors (Lipinski definition) is 0. The maximum atomic E-state index is 2.58. The number of benzene rings is 9. The summed E-state index contributed by atoms with van der Waals surface area (Å²) in [6, 6.07) is 64.8. The molecule has 9 aromatic carbocycles. The highest BCUT2D eigenvalue weighted by molar-refractivity contribution is 6.29. The minimum atomic E-state index is -0.136. The topological polar surface area (TPSA) is 0 Å². The van der Waals surface area contributed by atoms with E-state index < -0.39 is 0 Å². The molecule has 0 spiro atoms. The minimum absolute atomic E-state index is 0. The fourth-order valence-electron chi connectivity index (χ4n) is 11.0. The van der Waals surface area contributed by atoms with E-state index in [1.54, 1.807) is 0 Å². The van der Waals surface area contributed by atoms with E-state index >= 15 is 0 Å². The van der Waals surface area contributed by atoms with Crippen LogP contribution in [0.25, 0.3) is 99.4 Å². The Balaban J connectivity index is 0.00000259. The maximum absolute atomic E-state index is 2.58. The smallest absolute Gasteiger partial charge is 0.0184 e. The van der Waals surface area contributed by atoms with E-state index in [-0.39, 0.29) is 31.1 Å². The molecule has 11 rings (SSSR count). The molecule has 9 aromatic rings. The molecule has 1 atom stereocenters. The van der Waals surface area contributed by atoms with Crippen LogP contribution in [-0.2, 0) is 16.2 Å². The maximum Gasteiger partial charge on any atom is 0.0184 e. The van der Waals surface area contributed by atoms with E-state index in [0.717, 1.165) is 6.42 Å². The van der Waals surface area contributed by atoms with E-state index in [2.05, 4.69) is 225 Å². The van der Waals surface area contributed by atoms with Crippen molar-refractivity contribution >= 4 is 21.5 Å². The summed E-state index contributed by atoms with van der Waals surface area (Å²) in [4.78, 5) is 0. The lowest BCUT2D eigenvalue weighted by Gasteiger charge is -2.30. The predicted octanol–water partition coefficient (Wildman–Crippen LogP) is 18.9. The van der Waals surface area contributed by atoms with E-state index in [9.17, 15) is 0 Å². The predicted molar refractivity (Wildman–Crippen MR) is 281 cm³/mol. The van der Waals surface area contributed by atoms with Crippen LogP contribution in [0.1, 0.15) is 98.9 Å². The molecule has 0 aromatic heterocycles. The van der Waals surface area contributed by atoms with Crippen LogP contribution in [0.15, 0.2) is 170 Å². The van der Waals surface area contributed by atoms with E-state index in [4.69, 9.17) is 0 Å². The lowest BCUT2D eigenvalue weighted by atomic mass is 9.73. The summed E-state index contributed by atoms with van der Waals surface area (Å²) < 4.78 is 0. The Bertz CT molecular complexity index is 3210. The van der Waals surface area contributed by atoms with Crippen LogP contribution in [0.5, 0.6) is 0 Å². The standard InChI is InChI=1S/C62H54.2CH4/c1-9-62(8)51-36-41(60(2,3)4)33-34-47(51)54-50(35-42(37-52(54)62)61(5,6)7)56-45-27-16-17-28-46(45)57(59-49-32-19-26-40-25-18-31-48(53(40)49)58(56)59)55-43(38-21-12-10-13-22-38)29-20-30-44(55)39-23-14-11-15-24-39;;/h10-37H,9H2,1-8H3;2*1H4. The SMILES string of the molecule is C.C.CCC1(C)c2cc(C(C)(C)C)ccc2-c2c(-c3c4c(c(-c5c(-c6ccccc6)cccc5-c5ccccc5)c5ccccc35)-c3cccc5cccc-4c35)cc(C(C)(C)C)cc21. The van der Waals surface area contributed by atoms with Crippen molar-refractivity contribution in [2.75, 3.05) is 0 Å². The van der Waals surface area contributed by atoms with Gasteiger partial charge in [-0.25, -0.2) is 0 Å². The number of fused-ring (bicyclic) bond motifs is 7. The van der Waals surface area contributed by atoms with Crippen LogP contribution in [0, 0.1) is 0 Å². The molecule has 0 nitrogen and oxygen atoms in total. The van der Waals surface area contributed by atoms with Crippen molar-refractivity contribution in [1.29, 1.82) is 0 Å². The number of rotatable bonds is 5. The van der Waals surface area contributed by atoms with Crippen molar-refractivity contribution in [3.8, 4) is 77.9 Å². The summed E-state index contributed by atoms with van der Waals surface area (Å²) >= 11 is 0. The van der Waals surface area contributed by atoms with E-state index in [1.807, 2.05) is 0 Å². The van der Waals surface area contributed by atoms with Gasteiger partial charge in [0.15, 0.2) is 0 Å². The average molecular weight is 831 g/mol. The van der Waals surface area contributed by atoms with Gasteiger partial charge in [0.25, 0.3) is 0 Å². The van der Waals surface area contributed by atoms with Crippen LogP contribution >= 0.6 is 0 Å². The van der Waals surface area contributed by atoms with Crippen molar-refractivity contribution in [3.63, 3.8) is 0 Å². The molecule has 0 heterocycles. The highest BCUT2D eigenvalue weighted by atomic mass is 14.5. The normalized spacial score (nSPS) is 14.8. The van der Waals surface area contributed by atoms with Gasteiger partial charge in [-0.3, -0.25) is 0 Å². The third-order valence-corrected chi connectivity index (χ3v) is 14.5. The second-order valence-corrected chi connectivity index (χ2v) is 20.1. The number of hydrogen-bond donors (Lipinski definition) is 0. The Morgan fingerprint density at radius 3 is 1.41 bits per heavy atom. The molecule has 2 aliphatic carbocycles. The monoisotopic (exact) mass is 830 g/mol. The van der Waals surface area contributed by atoms with Gasteiger partial charge < -0.3 is 0 Å². The first kappa shape index (κ1) is 42.8. The Morgan fingerprint density at radius 1 is 0.375 bits per heavy atom. The zero-order chi connectivity index (χ0) is 42.7. The summed E-state index contributed by atoms with van der Waals surface area (Å²) in [5, 5.41) is 5.20. The molecule has 0 aliphatic heterocycles. The van der Waals surface area contributed by atoms with Gasteiger partial charge in [0.05, 0.1) is 0 Å². The lowest BCUT2D eigenvalue weighted by molar-refractivity contribution is 0.548. The summed E-state index contributed by atoms with van der Waals surface area (Å²) in [7, 11) is 0. The van der Waals surface area contributed by atoms with Crippen LogP contribution in [0.3, 0.4) is 0 Å². The van der Waals surface area contributed by atoms with Gasteiger partial charge >= 0.3 is 0 Å². The van der Waals surface area contributed by atoms with E-state index in [0.29, 0.717) is 0 Å². The van der Waals surface area contributed by atoms with E-state index in [1.165, 1.54) is 122 Å². The summed E-state index contributed by atoms with van der Waals surface area (Å²) in [5.41, 5.74) is 23.8. The molecular formula is C64H62. The molecular weight excluding hydrogens is 769 g/mol. The average Bonchev–Trinajstić information content (AvgIpc) is 3.75. The molecule has 1 unspecified atom stereocenters. The van der Waals surface area contributed by atoms with Crippen molar-refractivity contribution < 1.29 is 0 Å². The Hall–Kier alpha value is -6.50. The highest BCUT2D eigenvalue weighted by Crippen LogP contribution is 2.63. The molecule has 0 heteroatoms. The fourth-order valence-corrected chi connectivity index (χ4v) is 11.0. The molecule has 0 fully saturated rings. The van der Waals surface area contributed by atoms with Crippen molar-refractivity contribution in [2.24, 2.45) is 0 Å². The quantitative estimate of drug-likeness (QED) is 0.162. The zero-order valence-electron chi connectivity index (χ0n) is 37.4. The second-order valence-electron chi connectivity index (χ2n) is 20.1. The van der Waals surface area contributed by atoms with Crippen LogP contribution in [0.2, 0.25) is 0 Å². The van der Waals surface area contributed by atoms with Gasteiger partial charge in [-0.1, -0.05) is 234 Å². The van der Waals surface area contributed by atoms with Gasteiger partial charge in [0, 0.05) is 5.41 Å². The third-order valence-electron chi connectivity index (χ3n) is 14.5. The summed E-state index contributed by atoms with van der Waals surface area (Å²) in [6.07, 6.45) is 1.02. The first-order valence-electron chi connectivity index (χ1n) is 22.6. The molecule has 0 radical (unpaired) electrons. The molecule has 318 valence electrons. The van der Waals surface area contributed by atoms with Gasteiger partial charge in [-0.2, -0.15) is 0 Å². The highest BCUT2D eigenvalue weighted by Gasteiger charge is 2.42. The zero-order valence-corrected chi connectivity index (χ0v) is 37.4. The minimum Gasteiger partial charge on any atom is -0.0776 e. The van der Waals surface area contributed by atoms with Gasteiger partial charge in [0.2, 0.25) is 0 Å². The van der Waals surface area contributed by atoms with Crippen molar-refractivity contribution in [1.82, 2.24) is 0 Å². The lowest BCUT2D eigenvalue weighted by Crippen LogP contribution is -2.22. The molecule has 0 bridgehead atoms. The molecule has 2 aliphatic rings. The van der Waals surface area contributed by atoms with Crippen molar-refractivity contribution in [3.05, 3.63) is 192 Å². The van der Waals surface area contributed by atoms with Gasteiger partial charge in [-0.15, -0.1) is 0 Å². The van der Waals surface area contributed by atoms with Gasteiger partial charge in [-0.05, 0) is 145 Å². The fraction of sp³-hybridized carbons (Fsp3) is 0.219. The molecule has 0 saturated heterocycles. The second kappa shape index (κ2) is 15.3. The Kier molecular flexibility index (Phi) is 10.3. The molecule has 0 N–H and O–H groups in total. The van der Waals surface area contributed by atoms with Crippen LogP contribution in [-0.4, -0.2) is 0 Å². The van der Waals surface area contributed by atoms with Gasteiger partial charge in [0.1, 0.15) is 0 Å². The Labute approximate surface area is 382 Å².